The average molecular weight is 276 g/mol. The first kappa shape index (κ1) is 12.3. The van der Waals surface area contributed by atoms with Crippen molar-refractivity contribution in [2.24, 2.45) is 5.92 Å². The number of piperidine rings is 1. The lowest BCUT2D eigenvalue weighted by molar-refractivity contribution is -0.122. The molecule has 98 valence electrons. The predicted molar refractivity (Wildman–Crippen MR) is 73.0 cm³/mol. The molecule has 0 bridgehead atoms. The van der Waals surface area contributed by atoms with Crippen LogP contribution in [0.4, 0.5) is 5.69 Å². The highest BCUT2D eigenvalue weighted by Gasteiger charge is 2.41. The van der Waals surface area contributed by atoms with E-state index < -0.39 is 0 Å². The fourth-order valence-corrected chi connectivity index (χ4v) is 3.25. The summed E-state index contributed by atoms with van der Waals surface area (Å²) in [6.45, 7) is 1.52. The van der Waals surface area contributed by atoms with Gasteiger partial charge >= 0.3 is 0 Å². The normalized spacial score (nSPS) is 25.7. The van der Waals surface area contributed by atoms with Crippen molar-refractivity contribution < 1.29 is 4.79 Å². The Balaban J connectivity index is 2.00. The van der Waals surface area contributed by atoms with E-state index in [1.54, 1.807) is 12.1 Å². The van der Waals surface area contributed by atoms with Crippen molar-refractivity contribution in [2.45, 2.75) is 18.9 Å². The predicted octanol–water partition coefficient (Wildman–Crippen LogP) is 1.93. The minimum atomic E-state index is 0.0410. The summed E-state index contributed by atoms with van der Waals surface area (Å²) >= 11 is 6.05. The number of fused-ring (bicyclic) bond motifs is 1. The molecule has 1 aromatic rings. The third kappa shape index (κ3) is 2.04. The number of hydrogen-bond acceptors (Lipinski definition) is 3. The van der Waals surface area contributed by atoms with Crippen LogP contribution in [-0.4, -0.2) is 25.0 Å². The van der Waals surface area contributed by atoms with Gasteiger partial charge in [0.15, 0.2) is 0 Å². The van der Waals surface area contributed by atoms with E-state index in [1.165, 1.54) is 0 Å². The molecule has 2 fully saturated rings. The van der Waals surface area contributed by atoms with Gasteiger partial charge in [-0.3, -0.25) is 4.79 Å². The SMILES string of the molecule is N#Cc1ccc(Cl)cc1N1CCCC2C(=O)NCC21. The Labute approximate surface area is 117 Å². The molecule has 5 heteroatoms. The number of carbonyl (C=O) groups excluding carboxylic acids is 1. The van der Waals surface area contributed by atoms with Crippen LogP contribution in [-0.2, 0) is 4.79 Å². The highest BCUT2D eigenvalue weighted by atomic mass is 35.5. The number of hydrogen-bond donors (Lipinski definition) is 1. The van der Waals surface area contributed by atoms with Crippen LogP contribution in [0.5, 0.6) is 0 Å². The zero-order valence-corrected chi connectivity index (χ0v) is 11.2. The number of anilines is 1. The Kier molecular flexibility index (Phi) is 3.08. The molecule has 0 radical (unpaired) electrons. The second-order valence-corrected chi connectivity index (χ2v) is 5.46. The summed E-state index contributed by atoms with van der Waals surface area (Å²) in [6, 6.07) is 7.64. The molecule has 1 amide bonds. The van der Waals surface area contributed by atoms with Gasteiger partial charge in [0.1, 0.15) is 6.07 Å². The first-order chi connectivity index (χ1) is 9.20. The Bertz CT molecular complexity index is 566. The second kappa shape index (κ2) is 4.75. The summed E-state index contributed by atoms with van der Waals surface area (Å²) in [7, 11) is 0. The van der Waals surface area contributed by atoms with Crippen LogP contribution in [0.2, 0.25) is 5.02 Å². The van der Waals surface area contributed by atoms with Gasteiger partial charge in [-0.05, 0) is 31.0 Å². The van der Waals surface area contributed by atoms with Crippen molar-refractivity contribution in [2.75, 3.05) is 18.0 Å². The number of amides is 1. The van der Waals surface area contributed by atoms with Gasteiger partial charge in [0, 0.05) is 18.1 Å². The summed E-state index contributed by atoms with van der Waals surface area (Å²) in [4.78, 5) is 13.9. The molecule has 1 N–H and O–H groups in total. The number of nitrogens with one attached hydrogen (secondary N) is 1. The van der Waals surface area contributed by atoms with Crippen molar-refractivity contribution >= 4 is 23.2 Å². The van der Waals surface area contributed by atoms with E-state index in [9.17, 15) is 10.1 Å². The molecule has 4 nitrogen and oxygen atoms in total. The van der Waals surface area contributed by atoms with Crippen molar-refractivity contribution in [3.63, 3.8) is 0 Å². The number of rotatable bonds is 1. The van der Waals surface area contributed by atoms with Crippen molar-refractivity contribution in [3.8, 4) is 6.07 Å². The first-order valence-electron chi connectivity index (χ1n) is 6.44. The highest BCUT2D eigenvalue weighted by molar-refractivity contribution is 6.30. The first-order valence-corrected chi connectivity index (χ1v) is 6.82. The number of nitrogens with zero attached hydrogens (tertiary/aromatic N) is 2. The van der Waals surface area contributed by atoms with Crippen LogP contribution >= 0.6 is 11.6 Å². The maximum Gasteiger partial charge on any atom is 0.225 e. The molecule has 0 spiro atoms. The summed E-state index contributed by atoms with van der Waals surface area (Å²) < 4.78 is 0. The Hall–Kier alpha value is -1.73. The molecule has 2 atom stereocenters. The summed E-state index contributed by atoms with van der Waals surface area (Å²) in [6.07, 6.45) is 1.89. The summed E-state index contributed by atoms with van der Waals surface area (Å²) in [5.74, 6) is 0.175. The second-order valence-electron chi connectivity index (χ2n) is 5.03. The molecule has 19 heavy (non-hydrogen) atoms. The van der Waals surface area contributed by atoms with E-state index in [4.69, 9.17) is 11.6 Å². The molecule has 2 heterocycles. The minimum Gasteiger partial charge on any atom is -0.365 e. The molecule has 1 aromatic carbocycles. The van der Waals surface area contributed by atoms with E-state index >= 15 is 0 Å². The lowest BCUT2D eigenvalue weighted by atomic mass is 9.90. The molecular formula is C14H14ClN3O. The van der Waals surface area contributed by atoms with Gasteiger partial charge < -0.3 is 10.2 Å². The molecule has 2 aliphatic heterocycles. The van der Waals surface area contributed by atoms with Gasteiger partial charge in [-0.1, -0.05) is 11.6 Å². The van der Waals surface area contributed by atoms with Crippen LogP contribution in [0.3, 0.4) is 0 Å². The number of halogens is 1. The molecule has 0 saturated carbocycles. The van der Waals surface area contributed by atoms with Crippen molar-refractivity contribution in [3.05, 3.63) is 28.8 Å². The zero-order valence-electron chi connectivity index (χ0n) is 10.4. The lowest BCUT2D eigenvalue weighted by Gasteiger charge is -2.38. The van der Waals surface area contributed by atoms with Crippen LogP contribution in [0, 0.1) is 17.2 Å². The third-order valence-corrected chi connectivity index (χ3v) is 4.23. The molecule has 2 unspecified atom stereocenters. The number of carbonyl (C=O) groups is 1. The molecule has 0 aromatic heterocycles. The van der Waals surface area contributed by atoms with Gasteiger partial charge in [-0.25, -0.2) is 0 Å². The molecule has 3 rings (SSSR count). The van der Waals surface area contributed by atoms with E-state index in [0.29, 0.717) is 17.1 Å². The number of benzene rings is 1. The summed E-state index contributed by atoms with van der Waals surface area (Å²) in [5, 5.41) is 12.8. The van der Waals surface area contributed by atoms with Crippen LogP contribution in [0.15, 0.2) is 18.2 Å². The van der Waals surface area contributed by atoms with Gasteiger partial charge in [-0.15, -0.1) is 0 Å². The van der Waals surface area contributed by atoms with Gasteiger partial charge in [0.2, 0.25) is 5.91 Å². The van der Waals surface area contributed by atoms with E-state index in [2.05, 4.69) is 16.3 Å². The quantitative estimate of drug-likeness (QED) is 0.852. The lowest BCUT2D eigenvalue weighted by Crippen LogP contribution is -2.46. The topological polar surface area (TPSA) is 56.1 Å². The standard InChI is InChI=1S/C14H14ClN3O/c15-10-4-3-9(7-16)12(6-10)18-5-1-2-11-13(18)8-17-14(11)19/h3-4,6,11,13H,1-2,5,8H2,(H,17,19). The van der Waals surface area contributed by atoms with Crippen LogP contribution < -0.4 is 10.2 Å². The Morgan fingerprint density at radius 2 is 2.32 bits per heavy atom. The van der Waals surface area contributed by atoms with Gasteiger partial charge in [-0.2, -0.15) is 5.26 Å². The van der Waals surface area contributed by atoms with Crippen LogP contribution in [0.25, 0.3) is 0 Å². The maximum atomic E-state index is 11.8. The monoisotopic (exact) mass is 275 g/mol. The highest BCUT2D eigenvalue weighted by Crippen LogP contribution is 2.34. The number of nitriles is 1. The molecular weight excluding hydrogens is 262 g/mol. The largest absolute Gasteiger partial charge is 0.365 e. The van der Waals surface area contributed by atoms with Crippen LogP contribution in [0.1, 0.15) is 18.4 Å². The van der Waals surface area contributed by atoms with Gasteiger partial charge in [0.25, 0.3) is 0 Å². The Morgan fingerprint density at radius 3 is 3.11 bits per heavy atom. The smallest absolute Gasteiger partial charge is 0.225 e. The average Bonchev–Trinajstić information content (AvgIpc) is 2.81. The van der Waals surface area contributed by atoms with E-state index in [1.807, 2.05) is 6.07 Å². The van der Waals surface area contributed by atoms with Gasteiger partial charge in [0.05, 0.1) is 23.2 Å². The van der Waals surface area contributed by atoms with E-state index in [-0.39, 0.29) is 17.9 Å². The summed E-state index contributed by atoms with van der Waals surface area (Å²) in [5.41, 5.74) is 1.46. The van der Waals surface area contributed by atoms with Crippen molar-refractivity contribution in [1.82, 2.24) is 5.32 Å². The maximum absolute atomic E-state index is 11.8. The molecule has 2 saturated heterocycles. The zero-order chi connectivity index (χ0) is 13.4. The van der Waals surface area contributed by atoms with Crippen molar-refractivity contribution in [1.29, 1.82) is 5.26 Å². The molecule has 2 aliphatic rings. The fourth-order valence-electron chi connectivity index (χ4n) is 3.09. The fraction of sp³-hybridized carbons (Fsp3) is 0.429. The third-order valence-electron chi connectivity index (χ3n) is 3.99. The van der Waals surface area contributed by atoms with E-state index in [0.717, 1.165) is 25.1 Å². The Morgan fingerprint density at radius 1 is 1.47 bits per heavy atom. The minimum absolute atomic E-state index is 0.0410. The molecule has 0 aliphatic carbocycles.